The van der Waals surface area contributed by atoms with Gasteiger partial charge >= 0.3 is 0 Å². The van der Waals surface area contributed by atoms with Gasteiger partial charge in [-0.15, -0.1) is 0 Å². The summed E-state index contributed by atoms with van der Waals surface area (Å²) >= 11 is 1.52. The second-order valence-electron chi connectivity index (χ2n) is 13.5. The third kappa shape index (κ3) is 8.87. The van der Waals surface area contributed by atoms with Crippen molar-refractivity contribution >= 4 is 21.8 Å². The van der Waals surface area contributed by atoms with Crippen LogP contribution in [0, 0.1) is 0 Å². The van der Waals surface area contributed by atoms with Crippen LogP contribution >= 0.6 is 11.8 Å². The van der Waals surface area contributed by atoms with Gasteiger partial charge in [-0.25, -0.2) is 18.1 Å². The van der Waals surface area contributed by atoms with Gasteiger partial charge < -0.3 is 19.0 Å². The molecule has 2 N–H and O–H groups in total. The van der Waals surface area contributed by atoms with Crippen LogP contribution in [0.2, 0.25) is 0 Å². The quantitative estimate of drug-likeness (QED) is 0.111. The van der Waals surface area contributed by atoms with Crippen molar-refractivity contribution in [1.29, 1.82) is 0 Å². The number of nitrogens with zero attached hydrogens (tertiary/aromatic N) is 1. The lowest BCUT2D eigenvalue weighted by Crippen LogP contribution is -2.31. The van der Waals surface area contributed by atoms with Crippen LogP contribution in [0.25, 0.3) is 33.7 Å². The summed E-state index contributed by atoms with van der Waals surface area (Å²) in [7, 11) is -3.65. The van der Waals surface area contributed by atoms with E-state index in [-0.39, 0.29) is 30.3 Å². The highest BCUT2D eigenvalue weighted by atomic mass is 32.2. The number of sulfonamides is 1. The molecular weight excluding hydrogens is 741 g/mol. The highest BCUT2D eigenvalue weighted by Crippen LogP contribution is 2.41. The molecule has 1 saturated heterocycles. The number of hydrogen-bond acceptors (Lipinski definition) is 8. The first-order valence-electron chi connectivity index (χ1n) is 18.4. The van der Waals surface area contributed by atoms with Crippen molar-refractivity contribution < 1.29 is 27.4 Å². The Hall–Kier alpha value is -5.33. The van der Waals surface area contributed by atoms with E-state index in [0.29, 0.717) is 17.4 Å². The van der Waals surface area contributed by atoms with Gasteiger partial charge in [0.25, 0.3) is 5.22 Å². The Balaban J connectivity index is 1.03. The number of rotatable bonds is 13. The summed E-state index contributed by atoms with van der Waals surface area (Å²) in [4.78, 5) is 5.18. The van der Waals surface area contributed by atoms with E-state index in [9.17, 15) is 13.5 Å². The van der Waals surface area contributed by atoms with Gasteiger partial charge in [0.15, 0.2) is 12.1 Å². The fourth-order valence-corrected chi connectivity index (χ4v) is 8.59. The van der Waals surface area contributed by atoms with Crippen LogP contribution in [0.3, 0.4) is 0 Å². The van der Waals surface area contributed by atoms with E-state index < -0.39 is 16.3 Å². The lowest BCUT2D eigenvalue weighted by atomic mass is 9.99. The molecular formula is C46H40N2O6S2. The number of oxazole rings is 1. The predicted octanol–water partition coefficient (Wildman–Crippen LogP) is 9.98. The van der Waals surface area contributed by atoms with Crippen molar-refractivity contribution in [3.05, 3.63) is 186 Å². The van der Waals surface area contributed by atoms with Gasteiger partial charge in [-0.3, -0.25) is 0 Å². The zero-order chi connectivity index (χ0) is 38.3. The van der Waals surface area contributed by atoms with Crippen molar-refractivity contribution in [2.45, 2.75) is 48.2 Å². The van der Waals surface area contributed by atoms with Gasteiger partial charge in [-0.1, -0.05) is 151 Å². The third-order valence-corrected chi connectivity index (χ3v) is 12.0. The average Bonchev–Trinajstić information content (AvgIpc) is 3.70. The summed E-state index contributed by atoms with van der Waals surface area (Å²) in [6.45, 7) is 0.121. The maximum atomic E-state index is 12.9. The van der Waals surface area contributed by atoms with Gasteiger partial charge in [0.2, 0.25) is 10.0 Å². The molecule has 10 heteroatoms. The van der Waals surface area contributed by atoms with Gasteiger partial charge in [-0.2, -0.15) is 0 Å². The first kappa shape index (κ1) is 37.6. The topological polar surface area (TPSA) is 111 Å². The number of nitrogens with one attached hydrogen (secondary N) is 1. The summed E-state index contributed by atoms with van der Waals surface area (Å²) in [5, 5.41) is 10.2. The second kappa shape index (κ2) is 17.2. The van der Waals surface area contributed by atoms with Crippen molar-refractivity contribution in [2.75, 3.05) is 5.75 Å². The first-order chi connectivity index (χ1) is 27.4. The van der Waals surface area contributed by atoms with Crippen molar-refractivity contribution in [1.82, 2.24) is 9.71 Å². The van der Waals surface area contributed by atoms with E-state index in [0.717, 1.165) is 56.0 Å². The Morgan fingerprint density at radius 3 is 2.02 bits per heavy atom. The van der Waals surface area contributed by atoms with E-state index >= 15 is 0 Å². The average molecular weight is 781 g/mol. The minimum Gasteiger partial charge on any atom is -0.431 e. The molecule has 8 nitrogen and oxygen atoms in total. The number of aliphatic hydroxyl groups is 1. The van der Waals surface area contributed by atoms with Gasteiger partial charge in [-0.05, 0) is 52.1 Å². The minimum atomic E-state index is -3.65. The summed E-state index contributed by atoms with van der Waals surface area (Å²) < 4.78 is 48.3. The van der Waals surface area contributed by atoms with Crippen LogP contribution in [-0.2, 0) is 32.6 Å². The maximum absolute atomic E-state index is 12.9. The molecule has 0 saturated carbocycles. The summed E-state index contributed by atoms with van der Waals surface area (Å²) in [6.07, 6.45) is -0.526. The molecule has 282 valence electrons. The van der Waals surface area contributed by atoms with Crippen LogP contribution in [0.15, 0.2) is 178 Å². The molecule has 0 amide bonds. The van der Waals surface area contributed by atoms with E-state index in [1.54, 1.807) is 30.3 Å². The first-order valence-corrected chi connectivity index (χ1v) is 20.9. The fraction of sp³-hybridized carbons (Fsp3) is 0.152. The number of ether oxygens (including phenoxy) is 2. The van der Waals surface area contributed by atoms with Crippen LogP contribution < -0.4 is 4.72 Å². The summed E-state index contributed by atoms with van der Waals surface area (Å²) in [5.41, 5.74) is 8.14. The number of thioether (sulfide) groups is 1. The summed E-state index contributed by atoms with van der Waals surface area (Å²) in [6, 6.07) is 52.2. The highest BCUT2D eigenvalue weighted by Gasteiger charge is 2.33. The van der Waals surface area contributed by atoms with Crippen LogP contribution in [0.1, 0.15) is 41.1 Å². The molecule has 6 aromatic carbocycles. The highest BCUT2D eigenvalue weighted by molar-refractivity contribution is 7.99. The number of aliphatic hydroxyl groups excluding tert-OH is 1. The van der Waals surface area contributed by atoms with Gasteiger partial charge in [0.1, 0.15) is 5.69 Å². The lowest BCUT2D eigenvalue weighted by molar-refractivity contribution is -0.245. The number of hydrogen-bond donors (Lipinski definition) is 2. The molecule has 7 aromatic rings. The maximum Gasteiger partial charge on any atom is 0.256 e. The minimum absolute atomic E-state index is 0.0320. The Morgan fingerprint density at radius 1 is 0.661 bits per heavy atom. The molecule has 0 spiro atoms. The van der Waals surface area contributed by atoms with Gasteiger partial charge in [0, 0.05) is 35.4 Å². The van der Waals surface area contributed by atoms with E-state index in [1.165, 1.54) is 11.8 Å². The van der Waals surface area contributed by atoms with Gasteiger partial charge in [0.05, 0.1) is 23.7 Å². The van der Waals surface area contributed by atoms with Crippen molar-refractivity contribution in [2.24, 2.45) is 0 Å². The zero-order valence-electron chi connectivity index (χ0n) is 30.4. The molecule has 0 bridgehead atoms. The smallest absolute Gasteiger partial charge is 0.256 e. The Bertz CT molecular complexity index is 2420. The molecule has 8 rings (SSSR count). The number of benzene rings is 6. The fourth-order valence-electron chi connectivity index (χ4n) is 6.71. The molecule has 1 aliphatic rings. The van der Waals surface area contributed by atoms with E-state index in [1.807, 2.05) is 127 Å². The number of aromatic nitrogens is 1. The van der Waals surface area contributed by atoms with E-state index in [2.05, 4.69) is 10.8 Å². The summed E-state index contributed by atoms with van der Waals surface area (Å²) in [5.74, 6) is 1.30. The van der Waals surface area contributed by atoms with Crippen molar-refractivity contribution in [3.8, 4) is 33.7 Å². The molecule has 2 heterocycles. The van der Waals surface area contributed by atoms with Crippen LogP contribution in [-0.4, -0.2) is 30.4 Å². The standard InChI is InChI=1S/C46H40N2O6S2/c49-30-32-22-24-34(25-23-32)42-28-40(31-55-46-48-43(35-13-4-1-5-14-35)44(54-46)36-15-6-2-7-16-36)52-45(53-42)39-19-11-18-38(27-39)37-17-10-12-33(26-37)29-47-56(50,51)41-20-8-3-9-21-41/h1-27,40,42,45,47,49H,28-31H2. The molecule has 1 aromatic heterocycles. The third-order valence-electron chi connectivity index (χ3n) is 9.64. The molecule has 3 atom stereocenters. The van der Waals surface area contributed by atoms with Crippen LogP contribution in [0.4, 0.5) is 0 Å². The molecule has 0 radical (unpaired) electrons. The van der Waals surface area contributed by atoms with Crippen molar-refractivity contribution in [3.63, 3.8) is 0 Å². The molecule has 56 heavy (non-hydrogen) atoms. The second-order valence-corrected chi connectivity index (χ2v) is 16.3. The zero-order valence-corrected chi connectivity index (χ0v) is 32.0. The monoisotopic (exact) mass is 780 g/mol. The normalized spacial score (nSPS) is 17.1. The predicted molar refractivity (Wildman–Crippen MR) is 219 cm³/mol. The molecule has 1 fully saturated rings. The lowest BCUT2D eigenvalue weighted by Gasteiger charge is -2.36. The molecule has 3 unspecified atom stereocenters. The largest absolute Gasteiger partial charge is 0.431 e. The van der Waals surface area contributed by atoms with Crippen LogP contribution in [0.5, 0.6) is 0 Å². The Labute approximate surface area is 331 Å². The SMILES string of the molecule is O=S(=O)(NCc1cccc(-c2cccc(C3OC(CSc4nc(-c5ccccc5)c(-c5ccccc5)o4)CC(c4ccc(CO)cc4)O3)c2)c1)c1ccccc1. The molecule has 0 aliphatic carbocycles. The Kier molecular flexibility index (Phi) is 11.6. The van der Waals surface area contributed by atoms with E-state index in [4.69, 9.17) is 18.9 Å². The Morgan fingerprint density at radius 2 is 1.30 bits per heavy atom. The molecule has 1 aliphatic heterocycles.